The molecule has 0 spiro atoms. The molecule has 0 bridgehead atoms. The van der Waals surface area contributed by atoms with Crippen LogP contribution in [0.25, 0.3) is 83.4 Å². The Balaban J connectivity index is 0.000000244. The summed E-state index contributed by atoms with van der Waals surface area (Å²) in [5.74, 6) is 2.08. The van der Waals surface area contributed by atoms with Gasteiger partial charge in [0.25, 0.3) is 0 Å². The van der Waals surface area contributed by atoms with E-state index in [4.69, 9.17) is 9.40 Å². The summed E-state index contributed by atoms with van der Waals surface area (Å²) in [5.41, 5.74) is 15.8. The summed E-state index contributed by atoms with van der Waals surface area (Å²) >= 11 is 0. The minimum Gasteiger partial charge on any atom is -0.557 e. The molecule has 0 unspecified atom stereocenters. The van der Waals surface area contributed by atoms with E-state index in [1.165, 1.54) is 55.0 Å². The van der Waals surface area contributed by atoms with E-state index >= 15 is 0 Å². The third-order valence-corrected chi connectivity index (χ3v) is 14.6. The van der Waals surface area contributed by atoms with Crippen LogP contribution in [0.2, 0.25) is 19.6 Å². The van der Waals surface area contributed by atoms with Gasteiger partial charge >= 0.3 is 0 Å². The molecule has 0 atom stereocenters. The first-order valence-electron chi connectivity index (χ1n) is 23.5. The molecule has 7 aromatic carbocycles. The molecule has 339 valence electrons. The molecular weight excluding hydrogens is 1010 g/mol. The number of nitrogens with zero attached hydrogens (tertiary/aromatic N) is 3. The summed E-state index contributed by atoms with van der Waals surface area (Å²) in [7, 11) is -1.34. The van der Waals surface area contributed by atoms with Gasteiger partial charge in [-0.1, -0.05) is 181 Å². The fraction of sp³-hybridized carbons (Fsp3) is 0.213. The molecule has 0 amide bonds. The summed E-state index contributed by atoms with van der Waals surface area (Å²) in [6.45, 7) is 20.9. The van der Waals surface area contributed by atoms with E-state index in [9.17, 15) is 0 Å². The number of pyridine rings is 1. The number of benzene rings is 7. The Morgan fingerprint density at radius 2 is 1.28 bits per heavy atom. The molecule has 10 rings (SSSR count). The molecule has 0 saturated carbocycles. The van der Waals surface area contributed by atoms with Gasteiger partial charge in [0.05, 0.1) is 24.9 Å². The first kappa shape index (κ1) is 47.3. The van der Waals surface area contributed by atoms with Crippen molar-refractivity contribution >= 4 is 46.0 Å². The van der Waals surface area contributed by atoms with E-state index in [0.29, 0.717) is 5.92 Å². The zero-order valence-corrected chi connectivity index (χ0v) is 43.5. The smallest absolute Gasteiger partial charge is 0.0798 e. The van der Waals surface area contributed by atoms with Crippen LogP contribution < -0.4 is 5.19 Å². The zero-order valence-electron chi connectivity index (χ0n) is 40.1. The third-order valence-electron chi connectivity index (χ3n) is 12.5. The van der Waals surface area contributed by atoms with Gasteiger partial charge < -0.3 is 14.0 Å². The normalized spacial score (nSPS) is 11.7. The van der Waals surface area contributed by atoms with Crippen LogP contribution in [0.4, 0.5) is 0 Å². The molecule has 3 aromatic heterocycles. The third kappa shape index (κ3) is 9.95. The van der Waals surface area contributed by atoms with Crippen LogP contribution in [-0.2, 0) is 26.5 Å². The van der Waals surface area contributed by atoms with Crippen molar-refractivity contribution in [2.45, 2.75) is 79.4 Å². The molecule has 3 heterocycles. The Morgan fingerprint density at radius 1 is 0.627 bits per heavy atom. The van der Waals surface area contributed by atoms with Crippen molar-refractivity contribution in [1.82, 2.24) is 14.5 Å². The maximum atomic E-state index is 6.11. The van der Waals surface area contributed by atoms with Gasteiger partial charge in [0.15, 0.2) is 0 Å². The number of aromatic nitrogens is 3. The predicted octanol–water partition coefficient (Wildman–Crippen LogP) is 16.3. The predicted molar refractivity (Wildman–Crippen MR) is 282 cm³/mol. The van der Waals surface area contributed by atoms with Crippen LogP contribution in [-0.4, -0.2) is 22.6 Å². The minimum absolute atomic E-state index is 0. The van der Waals surface area contributed by atoms with Gasteiger partial charge in [0.1, 0.15) is 0 Å². The Labute approximate surface area is 411 Å². The molecule has 6 heteroatoms. The average Bonchev–Trinajstić information content (AvgIpc) is 3.92. The molecule has 0 fully saturated rings. The number of para-hydroxylation sites is 2. The number of fused-ring (bicyclic) bond motifs is 3. The molecule has 67 heavy (non-hydrogen) atoms. The standard InChI is InChI=1S/C43H35N2O.C18H24NSi.Ir/c1-27(2)35-24-34(29-12-6-5-7-13-29)25-36(28(3)4)42(35)45-40-17-11-10-16-39(40)44-43(45)38-26-46-41-21-20-33(23-37(38)41)32-19-18-30-14-8-9-15-31(30)22-32;1-14(2)11-16-12-17(15-9-7-6-8-10-15)19-13-18(16)20(3,4)5;/h5-25,27-28H,1-4H3;6-9,12-14H,11H2,1-5H3;/q2*-1;. The SMILES string of the molecule is CC(C)Cc1cc(-c2[c-]cccc2)ncc1[Si](C)(C)C.CC(C)c1cc(-c2ccccc2)cc(C(C)C)c1-n1c(-c2[c-]oc3ccc(-c4ccc5ccccc5c4)cc23)nc2ccccc21.[Ir]. The first-order chi connectivity index (χ1) is 31.8. The quantitative estimate of drug-likeness (QED) is 0.101. The van der Waals surface area contributed by atoms with Gasteiger partial charge in [-0.05, 0) is 110 Å². The van der Waals surface area contributed by atoms with Crippen LogP contribution in [0.15, 0.2) is 168 Å². The Morgan fingerprint density at radius 3 is 1.97 bits per heavy atom. The van der Waals surface area contributed by atoms with E-state index in [2.05, 4.69) is 229 Å². The van der Waals surface area contributed by atoms with E-state index in [-0.39, 0.29) is 31.9 Å². The molecule has 0 saturated heterocycles. The topological polar surface area (TPSA) is 43.9 Å². The molecule has 10 aromatic rings. The Bertz CT molecular complexity index is 3280. The second-order valence-corrected chi connectivity index (χ2v) is 24.7. The summed E-state index contributed by atoms with van der Waals surface area (Å²) in [4.78, 5) is 9.96. The molecule has 1 radical (unpaired) electrons. The van der Waals surface area contributed by atoms with E-state index in [1.807, 2.05) is 18.2 Å². The number of hydrogen-bond acceptors (Lipinski definition) is 3. The van der Waals surface area contributed by atoms with Crippen LogP contribution in [0.1, 0.15) is 70.1 Å². The maximum Gasteiger partial charge on any atom is 0.0798 e. The molecule has 0 aliphatic heterocycles. The van der Waals surface area contributed by atoms with Crippen molar-refractivity contribution in [1.29, 1.82) is 0 Å². The first-order valence-corrected chi connectivity index (χ1v) is 27.0. The van der Waals surface area contributed by atoms with Crippen molar-refractivity contribution in [3.05, 3.63) is 193 Å². The second kappa shape index (κ2) is 20.0. The van der Waals surface area contributed by atoms with Crippen LogP contribution >= 0.6 is 0 Å². The molecule has 0 aliphatic carbocycles. The van der Waals surface area contributed by atoms with Gasteiger partial charge in [0.2, 0.25) is 0 Å². The minimum atomic E-state index is -1.34. The average molecular weight is 1070 g/mol. The molecule has 0 aliphatic rings. The van der Waals surface area contributed by atoms with Gasteiger partial charge in [-0.2, -0.15) is 0 Å². The van der Waals surface area contributed by atoms with E-state index in [1.54, 1.807) is 0 Å². The summed E-state index contributed by atoms with van der Waals surface area (Å²) in [5, 5.41) is 4.95. The molecule has 0 N–H and O–H groups in total. The number of furan rings is 1. The van der Waals surface area contributed by atoms with Crippen LogP contribution in [0.5, 0.6) is 0 Å². The summed E-state index contributed by atoms with van der Waals surface area (Å²) in [6, 6.07) is 59.0. The number of rotatable bonds is 10. The van der Waals surface area contributed by atoms with Gasteiger partial charge in [-0.15, -0.1) is 35.9 Å². The van der Waals surface area contributed by atoms with Crippen molar-refractivity contribution < 1.29 is 24.5 Å². The van der Waals surface area contributed by atoms with Crippen molar-refractivity contribution in [3.8, 4) is 50.6 Å². The maximum absolute atomic E-state index is 6.11. The van der Waals surface area contributed by atoms with Crippen molar-refractivity contribution in [3.63, 3.8) is 0 Å². The van der Waals surface area contributed by atoms with Crippen LogP contribution in [0, 0.1) is 18.2 Å². The number of imidazole rings is 1. The van der Waals surface area contributed by atoms with E-state index in [0.717, 1.165) is 56.6 Å². The molecule has 4 nitrogen and oxygen atoms in total. The monoisotopic (exact) mass is 1070 g/mol. The van der Waals surface area contributed by atoms with Gasteiger partial charge in [-0.3, -0.25) is 4.98 Å². The summed E-state index contributed by atoms with van der Waals surface area (Å²) < 4.78 is 8.46. The van der Waals surface area contributed by atoms with Gasteiger partial charge in [0, 0.05) is 43.8 Å². The van der Waals surface area contributed by atoms with Crippen LogP contribution in [0.3, 0.4) is 0 Å². The largest absolute Gasteiger partial charge is 0.557 e. The van der Waals surface area contributed by atoms with Gasteiger partial charge in [-0.25, -0.2) is 0 Å². The van der Waals surface area contributed by atoms with E-state index < -0.39 is 8.07 Å². The van der Waals surface area contributed by atoms with Crippen molar-refractivity contribution in [2.75, 3.05) is 0 Å². The molecular formula is C61H59IrN3OSi-2. The summed E-state index contributed by atoms with van der Waals surface area (Å²) in [6.07, 6.45) is 6.52. The zero-order chi connectivity index (χ0) is 46.1. The fourth-order valence-corrected chi connectivity index (χ4v) is 10.8. The Hall–Kier alpha value is -6.17. The fourth-order valence-electron chi connectivity index (χ4n) is 9.21. The Kier molecular flexibility index (Phi) is 14.1. The number of hydrogen-bond donors (Lipinski definition) is 0. The second-order valence-electron chi connectivity index (χ2n) is 19.6. The van der Waals surface area contributed by atoms with Crippen molar-refractivity contribution in [2.24, 2.45) is 5.92 Å².